The molecule has 0 spiro atoms. The standard InChI is InChI=1S/C28H26/c1-5-13-23(14-6-1)21-27(25-17-9-3-10-18-25)28(26-19-11-4-12-20-26)22-24-15-7-2-8-16-24/h1-20,27-28H,21-22H2. The summed E-state index contributed by atoms with van der Waals surface area (Å²) in [6.07, 6.45) is 2.08. The molecule has 0 radical (unpaired) electrons. The first-order chi connectivity index (χ1) is 13.9. The first-order valence-corrected chi connectivity index (χ1v) is 10.1. The van der Waals surface area contributed by atoms with Crippen LogP contribution in [0.3, 0.4) is 0 Å². The molecular formula is C28H26. The third-order valence-electron chi connectivity index (χ3n) is 5.54. The van der Waals surface area contributed by atoms with Crippen LogP contribution in [0, 0.1) is 0 Å². The van der Waals surface area contributed by atoms with E-state index in [9.17, 15) is 0 Å². The molecule has 0 bridgehead atoms. The Balaban J connectivity index is 1.76. The molecule has 0 amide bonds. The Kier molecular flexibility index (Phi) is 5.99. The SMILES string of the molecule is c1ccc(CC(c2ccccc2)C(Cc2ccccc2)c2ccccc2)cc1. The molecule has 138 valence electrons. The summed E-state index contributed by atoms with van der Waals surface area (Å²) in [6, 6.07) is 43.8. The molecule has 2 unspecified atom stereocenters. The molecule has 0 aliphatic carbocycles. The van der Waals surface area contributed by atoms with Gasteiger partial charge in [-0.25, -0.2) is 0 Å². The summed E-state index contributed by atoms with van der Waals surface area (Å²) in [4.78, 5) is 0. The van der Waals surface area contributed by atoms with Gasteiger partial charge in [-0.1, -0.05) is 121 Å². The fourth-order valence-electron chi connectivity index (χ4n) is 4.12. The van der Waals surface area contributed by atoms with E-state index < -0.39 is 0 Å². The molecule has 4 rings (SSSR count). The fraction of sp³-hybridized carbons (Fsp3) is 0.143. The monoisotopic (exact) mass is 362 g/mol. The van der Waals surface area contributed by atoms with Crippen LogP contribution in [0.2, 0.25) is 0 Å². The Hall–Kier alpha value is -3.12. The maximum Gasteiger partial charge on any atom is -0.00494 e. The van der Waals surface area contributed by atoms with Crippen molar-refractivity contribution in [1.29, 1.82) is 0 Å². The van der Waals surface area contributed by atoms with Crippen molar-refractivity contribution >= 4 is 0 Å². The highest BCUT2D eigenvalue weighted by Crippen LogP contribution is 2.38. The van der Waals surface area contributed by atoms with Gasteiger partial charge in [-0.3, -0.25) is 0 Å². The predicted octanol–water partition coefficient (Wildman–Crippen LogP) is 7.04. The average molecular weight is 363 g/mol. The van der Waals surface area contributed by atoms with Crippen LogP contribution >= 0.6 is 0 Å². The third-order valence-corrected chi connectivity index (χ3v) is 5.54. The highest BCUT2D eigenvalue weighted by Gasteiger charge is 2.25. The molecule has 0 nitrogen and oxygen atoms in total. The van der Waals surface area contributed by atoms with E-state index in [4.69, 9.17) is 0 Å². The minimum atomic E-state index is 0.422. The lowest BCUT2D eigenvalue weighted by Gasteiger charge is -2.29. The van der Waals surface area contributed by atoms with Gasteiger partial charge in [0.25, 0.3) is 0 Å². The van der Waals surface area contributed by atoms with Crippen molar-refractivity contribution < 1.29 is 0 Å². The van der Waals surface area contributed by atoms with Crippen molar-refractivity contribution in [1.82, 2.24) is 0 Å². The van der Waals surface area contributed by atoms with E-state index in [2.05, 4.69) is 121 Å². The number of hydrogen-bond donors (Lipinski definition) is 0. The van der Waals surface area contributed by atoms with Gasteiger partial charge in [-0.05, 0) is 46.9 Å². The van der Waals surface area contributed by atoms with Crippen molar-refractivity contribution in [3.05, 3.63) is 144 Å². The Bertz CT molecular complexity index is 861. The molecule has 4 aromatic carbocycles. The van der Waals surface area contributed by atoms with E-state index in [0.29, 0.717) is 11.8 Å². The maximum atomic E-state index is 2.29. The van der Waals surface area contributed by atoms with E-state index >= 15 is 0 Å². The van der Waals surface area contributed by atoms with E-state index in [1.165, 1.54) is 22.3 Å². The molecule has 0 fully saturated rings. The van der Waals surface area contributed by atoms with Gasteiger partial charge in [0.2, 0.25) is 0 Å². The zero-order valence-corrected chi connectivity index (χ0v) is 16.1. The summed E-state index contributed by atoms with van der Waals surface area (Å²) >= 11 is 0. The van der Waals surface area contributed by atoms with Crippen molar-refractivity contribution in [3.63, 3.8) is 0 Å². The summed E-state index contributed by atoms with van der Waals surface area (Å²) in [6.45, 7) is 0. The molecule has 0 aliphatic heterocycles. The Morgan fingerprint density at radius 2 is 0.643 bits per heavy atom. The Morgan fingerprint density at radius 1 is 0.357 bits per heavy atom. The zero-order valence-electron chi connectivity index (χ0n) is 16.1. The molecule has 0 saturated heterocycles. The van der Waals surface area contributed by atoms with Crippen molar-refractivity contribution in [3.8, 4) is 0 Å². The summed E-state index contributed by atoms with van der Waals surface area (Å²) in [5.74, 6) is 0.845. The number of rotatable bonds is 7. The number of hydrogen-bond acceptors (Lipinski definition) is 0. The van der Waals surface area contributed by atoms with Gasteiger partial charge in [0, 0.05) is 0 Å². The van der Waals surface area contributed by atoms with Gasteiger partial charge in [-0.2, -0.15) is 0 Å². The minimum Gasteiger partial charge on any atom is -0.0622 e. The lowest BCUT2D eigenvalue weighted by atomic mass is 9.75. The molecule has 0 heteroatoms. The molecule has 0 saturated carbocycles. The first-order valence-electron chi connectivity index (χ1n) is 10.1. The third kappa shape index (κ3) is 4.58. The van der Waals surface area contributed by atoms with Crippen molar-refractivity contribution in [2.24, 2.45) is 0 Å². The fourth-order valence-corrected chi connectivity index (χ4v) is 4.12. The molecule has 0 aromatic heterocycles. The smallest absolute Gasteiger partial charge is 0.00494 e. The van der Waals surface area contributed by atoms with Gasteiger partial charge in [0.15, 0.2) is 0 Å². The topological polar surface area (TPSA) is 0 Å². The molecule has 4 aromatic rings. The van der Waals surface area contributed by atoms with Crippen LogP contribution in [-0.4, -0.2) is 0 Å². The second-order valence-electron chi connectivity index (χ2n) is 7.41. The highest BCUT2D eigenvalue weighted by molar-refractivity contribution is 5.33. The lowest BCUT2D eigenvalue weighted by molar-refractivity contribution is 0.531. The summed E-state index contributed by atoms with van der Waals surface area (Å²) in [7, 11) is 0. The van der Waals surface area contributed by atoms with Crippen LogP contribution in [0.5, 0.6) is 0 Å². The van der Waals surface area contributed by atoms with Crippen LogP contribution in [0.4, 0.5) is 0 Å². The highest BCUT2D eigenvalue weighted by atomic mass is 14.3. The molecule has 0 N–H and O–H groups in total. The quantitative estimate of drug-likeness (QED) is 0.331. The normalized spacial score (nSPS) is 13.0. The van der Waals surface area contributed by atoms with Gasteiger partial charge in [-0.15, -0.1) is 0 Å². The summed E-state index contributed by atoms with van der Waals surface area (Å²) < 4.78 is 0. The summed E-state index contributed by atoms with van der Waals surface area (Å²) in [5, 5.41) is 0. The van der Waals surface area contributed by atoms with Gasteiger partial charge in [0.1, 0.15) is 0 Å². The van der Waals surface area contributed by atoms with E-state index in [1.54, 1.807) is 0 Å². The Morgan fingerprint density at radius 3 is 0.964 bits per heavy atom. The summed E-state index contributed by atoms with van der Waals surface area (Å²) in [5.41, 5.74) is 5.61. The molecule has 0 aliphatic rings. The van der Waals surface area contributed by atoms with Crippen molar-refractivity contribution in [2.45, 2.75) is 24.7 Å². The molecular weight excluding hydrogens is 336 g/mol. The van der Waals surface area contributed by atoms with E-state index in [-0.39, 0.29) is 0 Å². The largest absolute Gasteiger partial charge is 0.0622 e. The van der Waals surface area contributed by atoms with Gasteiger partial charge < -0.3 is 0 Å². The van der Waals surface area contributed by atoms with Crippen LogP contribution in [-0.2, 0) is 12.8 Å². The maximum absolute atomic E-state index is 2.29. The van der Waals surface area contributed by atoms with Crippen LogP contribution in [0.1, 0.15) is 34.1 Å². The Labute approximate surface area is 168 Å². The first kappa shape index (κ1) is 18.3. The molecule has 0 heterocycles. The lowest BCUT2D eigenvalue weighted by Crippen LogP contribution is -2.17. The average Bonchev–Trinajstić information content (AvgIpc) is 2.79. The van der Waals surface area contributed by atoms with Crippen LogP contribution < -0.4 is 0 Å². The zero-order chi connectivity index (χ0) is 19.0. The second-order valence-corrected chi connectivity index (χ2v) is 7.41. The second kappa shape index (κ2) is 9.19. The van der Waals surface area contributed by atoms with E-state index in [0.717, 1.165) is 12.8 Å². The number of benzene rings is 4. The van der Waals surface area contributed by atoms with E-state index in [1.807, 2.05) is 0 Å². The van der Waals surface area contributed by atoms with Crippen LogP contribution in [0.15, 0.2) is 121 Å². The molecule has 2 atom stereocenters. The minimum absolute atomic E-state index is 0.422. The van der Waals surface area contributed by atoms with Gasteiger partial charge in [0.05, 0.1) is 0 Å². The van der Waals surface area contributed by atoms with Crippen molar-refractivity contribution in [2.75, 3.05) is 0 Å². The predicted molar refractivity (Wildman–Crippen MR) is 119 cm³/mol. The van der Waals surface area contributed by atoms with Gasteiger partial charge >= 0.3 is 0 Å². The molecule has 28 heavy (non-hydrogen) atoms. The van der Waals surface area contributed by atoms with Crippen LogP contribution in [0.25, 0.3) is 0 Å².